The van der Waals surface area contributed by atoms with Crippen molar-refractivity contribution in [2.75, 3.05) is 0 Å². The van der Waals surface area contributed by atoms with Crippen LogP contribution >= 0.6 is 0 Å². The number of hydrogen-bond donors (Lipinski definition) is 2. The molecule has 0 atom stereocenters. The molecule has 0 aromatic heterocycles. The smallest absolute Gasteiger partial charge is 0.324 e. The summed E-state index contributed by atoms with van der Waals surface area (Å²) in [6.45, 7) is 1.79. The van der Waals surface area contributed by atoms with E-state index in [1.807, 2.05) is 0 Å². The van der Waals surface area contributed by atoms with Crippen LogP contribution in [0.25, 0.3) is 0 Å². The fourth-order valence-electron chi connectivity index (χ4n) is 2.44. The van der Waals surface area contributed by atoms with E-state index in [9.17, 15) is 18.3 Å². The molecule has 0 spiro atoms. The highest BCUT2D eigenvalue weighted by Crippen LogP contribution is 2.31. The summed E-state index contributed by atoms with van der Waals surface area (Å²) in [5.74, 6) is -1.10. The van der Waals surface area contributed by atoms with Gasteiger partial charge in [0.15, 0.2) is 0 Å². The van der Waals surface area contributed by atoms with Crippen LogP contribution in [0.5, 0.6) is 0 Å². The molecule has 0 unspecified atom stereocenters. The second-order valence-corrected chi connectivity index (χ2v) is 6.70. The van der Waals surface area contributed by atoms with E-state index in [1.165, 1.54) is 12.1 Å². The van der Waals surface area contributed by atoms with E-state index in [2.05, 4.69) is 4.72 Å². The van der Waals surface area contributed by atoms with Gasteiger partial charge < -0.3 is 5.11 Å². The fraction of sp³-hybridized carbons (Fsp3) is 0.462. The molecule has 0 bridgehead atoms. The minimum absolute atomic E-state index is 0.111. The van der Waals surface area contributed by atoms with Crippen molar-refractivity contribution in [1.82, 2.24) is 4.72 Å². The topological polar surface area (TPSA) is 83.5 Å². The third-order valence-electron chi connectivity index (χ3n) is 3.50. The Morgan fingerprint density at radius 1 is 1.32 bits per heavy atom. The first-order valence-electron chi connectivity index (χ1n) is 6.20. The molecular weight excluding hydrogens is 266 g/mol. The molecule has 1 aromatic carbocycles. The van der Waals surface area contributed by atoms with Crippen molar-refractivity contribution in [3.05, 3.63) is 29.8 Å². The molecule has 104 valence electrons. The van der Waals surface area contributed by atoms with Crippen LogP contribution in [-0.2, 0) is 14.8 Å². The lowest BCUT2D eigenvalue weighted by Crippen LogP contribution is -2.52. The summed E-state index contributed by atoms with van der Waals surface area (Å²) >= 11 is 0. The molecule has 0 radical (unpaired) electrons. The Morgan fingerprint density at radius 2 is 1.95 bits per heavy atom. The number of carboxylic acid groups (broad SMARTS) is 1. The number of benzene rings is 1. The second kappa shape index (κ2) is 4.94. The van der Waals surface area contributed by atoms with Gasteiger partial charge in [0.25, 0.3) is 0 Å². The average molecular weight is 283 g/mol. The van der Waals surface area contributed by atoms with Crippen molar-refractivity contribution in [3.8, 4) is 0 Å². The zero-order valence-electron chi connectivity index (χ0n) is 10.7. The molecule has 1 aliphatic rings. The molecule has 0 saturated heterocycles. The molecule has 6 heteroatoms. The molecule has 5 nitrogen and oxygen atoms in total. The molecule has 1 fully saturated rings. The highest BCUT2D eigenvalue weighted by Gasteiger charge is 2.44. The van der Waals surface area contributed by atoms with Crippen LogP contribution in [0.4, 0.5) is 0 Å². The molecule has 1 saturated carbocycles. The van der Waals surface area contributed by atoms with Crippen LogP contribution in [0.1, 0.15) is 31.2 Å². The standard InChI is InChI=1S/C13H17NO4S/c1-10-5-4-6-11(9-10)19(17,18)14-13(12(15)16)7-2-3-8-13/h4-6,9,14H,2-3,7-8H2,1H3,(H,15,16). The number of carboxylic acids is 1. The summed E-state index contributed by atoms with van der Waals surface area (Å²) in [7, 11) is -3.80. The van der Waals surface area contributed by atoms with Gasteiger partial charge in [0.1, 0.15) is 5.54 Å². The van der Waals surface area contributed by atoms with Gasteiger partial charge in [0.05, 0.1) is 4.90 Å². The van der Waals surface area contributed by atoms with Crippen molar-refractivity contribution in [2.45, 2.75) is 43.0 Å². The van der Waals surface area contributed by atoms with E-state index < -0.39 is 21.5 Å². The van der Waals surface area contributed by atoms with Crippen LogP contribution in [-0.4, -0.2) is 25.0 Å². The molecule has 1 aliphatic carbocycles. The number of rotatable bonds is 4. The molecular formula is C13H17NO4S. The summed E-state index contributed by atoms with van der Waals surface area (Å²) in [6.07, 6.45) is 2.13. The minimum Gasteiger partial charge on any atom is -0.480 e. The average Bonchev–Trinajstić information content (AvgIpc) is 2.78. The summed E-state index contributed by atoms with van der Waals surface area (Å²) in [6, 6.07) is 6.44. The summed E-state index contributed by atoms with van der Waals surface area (Å²) in [5, 5.41) is 9.30. The Kier molecular flexibility index (Phi) is 3.64. The van der Waals surface area contributed by atoms with Crippen molar-refractivity contribution >= 4 is 16.0 Å². The molecule has 19 heavy (non-hydrogen) atoms. The zero-order chi connectivity index (χ0) is 14.1. The first-order valence-corrected chi connectivity index (χ1v) is 7.68. The first-order chi connectivity index (χ1) is 8.86. The van der Waals surface area contributed by atoms with Crippen molar-refractivity contribution in [3.63, 3.8) is 0 Å². The first kappa shape index (κ1) is 14.0. The Balaban J connectivity index is 2.33. The number of aliphatic carboxylic acids is 1. The number of hydrogen-bond acceptors (Lipinski definition) is 3. The Labute approximate surface area is 112 Å². The van der Waals surface area contributed by atoms with Crippen molar-refractivity contribution < 1.29 is 18.3 Å². The van der Waals surface area contributed by atoms with E-state index in [0.717, 1.165) is 18.4 Å². The van der Waals surface area contributed by atoms with E-state index in [4.69, 9.17) is 0 Å². The van der Waals surface area contributed by atoms with Crippen molar-refractivity contribution in [1.29, 1.82) is 0 Å². The number of aryl methyl sites for hydroxylation is 1. The Bertz CT molecular complexity index is 588. The normalized spacial score (nSPS) is 18.4. The molecule has 0 amide bonds. The Hall–Kier alpha value is -1.40. The van der Waals surface area contributed by atoms with Gasteiger partial charge in [-0.2, -0.15) is 4.72 Å². The third kappa shape index (κ3) is 2.79. The SMILES string of the molecule is Cc1cccc(S(=O)(=O)NC2(C(=O)O)CCCC2)c1. The van der Waals surface area contributed by atoms with Gasteiger partial charge in [-0.3, -0.25) is 4.79 Å². The summed E-state index contributed by atoms with van der Waals surface area (Å²) < 4.78 is 26.9. The van der Waals surface area contributed by atoms with Crippen LogP contribution in [0, 0.1) is 6.92 Å². The summed E-state index contributed by atoms with van der Waals surface area (Å²) in [4.78, 5) is 11.5. The molecule has 1 aromatic rings. The predicted molar refractivity (Wildman–Crippen MR) is 70.3 cm³/mol. The molecule has 2 N–H and O–H groups in total. The fourth-order valence-corrected chi connectivity index (χ4v) is 3.96. The summed E-state index contributed by atoms with van der Waals surface area (Å²) in [5.41, 5.74) is -0.526. The lowest BCUT2D eigenvalue weighted by molar-refractivity contribution is -0.143. The van der Waals surface area contributed by atoms with Gasteiger partial charge in [-0.1, -0.05) is 25.0 Å². The van der Waals surface area contributed by atoms with Crippen LogP contribution in [0.3, 0.4) is 0 Å². The second-order valence-electron chi connectivity index (χ2n) is 5.02. The Morgan fingerprint density at radius 3 is 2.47 bits per heavy atom. The van der Waals surface area contributed by atoms with Gasteiger partial charge in [0.2, 0.25) is 10.0 Å². The van der Waals surface area contributed by atoms with Gasteiger partial charge in [-0.05, 0) is 37.5 Å². The van der Waals surface area contributed by atoms with E-state index >= 15 is 0 Å². The van der Waals surface area contributed by atoms with E-state index in [-0.39, 0.29) is 4.90 Å². The monoisotopic (exact) mass is 283 g/mol. The maximum absolute atomic E-state index is 12.3. The largest absolute Gasteiger partial charge is 0.480 e. The lowest BCUT2D eigenvalue weighted by atomic mass is 10.0. The number of sulfonamides is 1. The number of carbonyl (C=O) groups is 1. The predicted octanol–water partition coefficient (Wildman–Crippen LogP) is 1.67. The van der Waals surface area contributed by atoms with E-state index in [0.29, 0.717) is 12.8 Å². The van der Waals surface area contributed by atoms with Gasteiger partial charge in [0, 0.05) is 0 Å². The third-order valence-corrected chi connectivity index (χ3v) is 5.03. The van der Waals surface area contributed by atoms with Gasteiger partial charge in [-0.15, -0.1) is 0 Å². The van der Waals surface area contributed by atoms with Gasteiger partial charge >= 0.3 is 5.97 Å². The van der Waals surface area contributed by atoms with E-state index in [1.54, 1.807) is 19.1 Å². The highest BCUT2D eigenvalue weighted by molar-refractivity contribution is 7.89. The quantitative estimate of drug-likeness (QED) is 0.880. The molecule has 0 heterocycles. The van der Waals surface area contributed by atoms with Crippen LogP contribution in [0.15, 0.2) is 29.2 Å². The molecule has 0 aliphatic heterocycles. The zero-order valence-corrected chi connectivity index (χ0v) is 11.5. The van der Waals surface area contributed by atoms with Gasteiger partial charge in [-0.25, -0.2) is 8.42 Å². The maximum atomic E-state index is 12.3. The maximum Gasteiger partial charge on any atom is 0.324 e. The minimum atomic E-state index is -3.80. The molecule has 2 rings (SSSR count). The van der Waals surface area contributed by atoms with Crippen LogP contribution in [0.2, 0.25) is 0 Å². The van der Waals surface area contributed by atoms with Crippen LogP contribution < -0.4 is 4.72 Å². The highest BCUT2D eigenvalue weighted by atomic mass is 32.2. The number of nitrogens with one attached hydrogen (secondary N) is 1. The van der Waals surface area contributed by atoms with Crippen molar-refractivity contribution in [2.24, 2.45) is 0 Å². The lowest BCUT2D eigenvalue weighted by Gasteiger charge is -2.25.